The smallest absolute Gasteiger partial charge is 0.324 e. The van der Waals surface area contributed by atoms with Crippen LogP contribution >= 0.6 is 14.7 Å². The molecule has 0 aromatic carbocycles. The molecule has 0 aliphatic rings. The molecular formula is C32H70O4P2. The van der Waals surface area contributed by atoms with Crippen LogP contribution < -0.4 is 0 Å². The van der Waals surface area contributed by atoms with E-state index in [-0.39, 0.29) is 12.1 Å². The van der Waals surface area contributed by atoms with Crippen molar-refractivity contribution in [1.29, 1.82) is 0 Å². The van der Waals surface area contributed by atoms with E-state index in [9.17, 15) is 9.13 Å². The lowest BCUT2D eigenvalue weighted by atomic mass is 10.0. The van der Waals surface area contributed by atoms with Crippen molar-refractivity contribution in [2.24, 2.45) is 5.92 Å². The highest BCUT2D eigenvalue weighted by molar-refractivity contribution is 7.63. The van der Waals surface area contributed by atoms with Gasteiger partial charge in [0.05, 0.1) is 13.3 Å². The molecule has 0 fully saturated rings. The third kappa shape index (κ3) is 30.9. The number of hydrogen-bond donors (Lipinski definition) is 2. The fourth-order valence-electron chi connectivity index (χ4n) is 5.13. The molecule has 2 N–H and O–H groups in total. The summed E-state index contributed by atoms with van der Waals surface area (Å²) in [5.41, 5.74) is 0. The van der Waals surface area contributed by atoms with Gasteiger partial charge >= 0.3 is 7.60 Å². The van der Waals surface area contributed by atoms with Crippen molar-refractivity contribution in [3.8, 4) is 0 Å². The van der Waals surface area contributed by atoms with Gasteiger partial charge < -0.3 is 14.4 Å². The van der Waals surface area contributed by atoms with E-state index in [0.717, 1.165) is 44.2 Å². The van der Waals surface area contributed by atoms with Crippen LogP contribution in [0.1, 0.15) is 176 Å². The minimum Gasteiger partial charge on any atom is -0.324 e. The second kappa shape index (κ2) is 28.9. The lowest BCUT2D eigenvalue weighted by Crippen LogP contribution is -2.05. The van der Waals surface area contributed by atoms with Crippen LogP contribution in [0.15, 0.2) is 0 Å². The van der Waals surface area contributed by atoms with Gasteiger partial charge in [0.15, 0.2) is 0 Å². The first kappa shape index (κ1) is 40.5. The summed E-state index contributed by atoms with van der Waals surface area (Å²) in [5, 5.41) is 0. The summed E-state index contributed by atoms with van der Waals surface area (Å²) in [4.78, 5) is 17.5. The van der Waals surface area contributed by atoms with Crippen LogP contribution in [0.2, 0.25) is 0 Å². The summed E-state index contributed by atoms with van der Waals surface area (Å²) in [7, 11) is -5.66. The molecule has 0 saturated carbocycles. The molecule has 232 valence electrons. The second-order valence-corrected chi connectivity index (χ2v) is 16.9. The topological polar surface area (TPSA) is 74.6 Å². The van der Waals surface area contributed by atoms with Crippen LogP contribution in [-0.2, 0) is 9.13 Å². The fraction of sp³-hybridized carbons (Fsp3) is 1.00. The van der Waals surface area contributed by atoms with E-state index < -0.39 is 14.7 Å². The minimum atomic E-state index is -3.78. The molecule has 0 spiro atoms. The molecule has 1 unspecified atom stereocenters. The fourth-order valence-corrected chi connectivity index (χ4v) is 9.31. The van der Waals surface area contributed by atoms with Gasteiger partial charge in [-0.1, -0.05) is 150 Å². The largest absolute Gasteiger partial charge is 0.325 e. The van der Waals surface area contributed by atoms with Crippen LogP contribution in [-0.4, -0.2) is 34.4 Å². The molecule has 38 heavy (non-hydrogen) atoms. The summed E-state index contributed by atoms with van der Waals surface area (Å²) in [6.07, 6.45) is 30.9. The van der Waals surface area contributed by atoms with Gasteiger partial charge in [-0.2, -0.15) is 0 Å². The van der Waals surface area contributed by atoms with Gasteiger partial charge in [-0.25, -0.2) is 0 Å². The molecule has 6 heteroatoms. The van der Waals surface area contributed by atoms with E-state index in [0.29, 0.717) is 0 Å². The molecular weight excluding hydrogens is 510 g/mol. The van der Waals surface area contributed by atoms with Gasteiger partial charge in [-0.15, -0.1) is 0 Å². The molecule has 0 bridgehead atoms. The van der Waals surface area contributed by atoms with Gasteiger partial charge in [0.25, 0.3) is 0 Å². The molecule has 0 radical (unpaired) electrons. The van der Waals surface area contributed by atoms with E-state index in [4.69, 9.17) is 9.79 Å². The molecule has 0 rings (SSSR count). The summed E-state index contributed by atoms with van der Waals surface area (Å²) in [6, 6.07) is 0. The van der Waals surface area contributed by atoms with Crippen molar-refractivity contribution in [2.75, 3.05) is 24.6 Å². The molecule has 0 aliphatic carbocycles. The zero-order valence-electron chi connectivity index (χ0n) is 26.6. The summed E-state index contributed by atoms with van der Waals surface area (Å²) in [6.45, 7) is 10.9. The number of rotatable bonds is 27. The summed E-state index contributed by atoms with van der Waals surface area (Å²) in [5.74, 6) is 0.200. The highest BCUT2D eigenvalue weighted by atomic mass is 31.2. The van der Waals surface area contributed by atoms with Crippen LogP contribution in [0.25, 0.3) is 0 Å². The Morgan fingerprint density at radius 2 is 0.789 bits per heavy atom. The lowest BCUT2D eigenvalue weighted by molar-refractivity contribution is 0.354. The minimum absolute atomic E-state index is 0.0590. The lowest BCUT2D eigenvalue weighted by Gasteiger charge is -2.18. The Kier molecular flexibility index (Phi) is 30.8. The van der Waals surface area contributed by atoms with Crippen molar-refractivity contribution in [3.63, 3.8) is 0 Å². The summed E-state index contributed by atoms with van der Waals surface area (Å²) < 4.78 is 24.1. The maximum absolute atomic E-state index is 13.5. The second-order valence-electron chi connectivity index (χ2n) is 11.8. The van der Waals surface area contributed by atoms with E-state index in [1.165, 1.54) is 116 Å². The highest BCUT2D eigenvalue weighted by Gasteiger charge is 2.21. The van der Waals surface area contributed by atoms with Crippen molar-refractivity contribution in [3.05, 3.63) is 0 Å². The summed E-state index contributed by atoms with van der Waals surface area (Å²) >= 11 is 0. The van der Waals surface area contributed by atoms with Crippen molar-refractivity contribution < 1.29 is 18.9 Å². The van der Waals surface area contributed by atoms with Crippen LogP contribution in [0.3, 0.4) is 0 Å². The zero-order valence-corrected chi connectivity index (χ0v) is 28.4. The van der Waals surface area contributed by atoms with Crippen molar-refractivity contribution >= 4 is 14.7 Å². The molecule has 0 aromatic rings. The van der Waals surface area contributed by atoms with Gasteiger partial charge in [-0.3, -0.25) is 4.57 Å². The average Bonchev–Trinajstić information content (AvgIpc) is 2.88. The predicted octanol–water partition coefficient (Wildman–Crippen LogP) is 11.8. The molecule has 0 amide bonds. The Labute approximate surface area is 239 Å². The van der Waals surface area contributed by atoms with Crippen LogP contribution in [0.4, 0.5) is 0 Å². The Balaban J connectivity index is 0. The molecule has 0 aliphatic heterocycles. The molecule has 1 atom stereocenters. The van der Waals surface area contributed by atoms with Gasteiger partial charge in [0.2, 0.25) is 0 Å². The van der Waals surface area contributed by atoms with Crippen LogP contribution in [0.5, 0.6) is 0 Å². The average molecular weight is 581 g/mol. The first-order valence-corrected chi connectivity index (χ1v) is 20.9. The highest BCUT2D eigenvalue weighted by Crippen LogP contribution is 2.48. The van der Waals surface area contributed by atoms with E-state index >= 15 is 0 Å². The number of hydrogen-bond acceptors (Lipinski definition) is 2. The Bertz CT molecular complexity index is 514. The quantitative estimate of drug-likeness (QED) is 0.0748. The molecule has 0 saturated heterocycles. The Morgan fingerprint density at radius 3 is 1.08 bits per heavy atom. The normalized spacial score (nSPS) is 12.8. The third-order valence-electron chi connectivity index (χ3n) is 7.80. The SMILES string of the molecule is CCCCC(CC)CP(=O)(O)O.CCCCCCCCP(=O)(CCCCCCCC)CCCCCCCC. The van der Waals surface area contributed by atoms with E-state index in [2.05, 4.69) is 27.7 Å². The van der Waals surface area contributed by atoms with Crippen molar-refractivity contribution in [2.45, 2.75) is 176 Å². The predicted molar refractivity (Wildman–Crippen MR) is 173 cm³/mol. The zero-order chi connectivity index (χ0) is 29.0. The Hall–Kier alpha value is 0.380. The van der Waals surface area contributed by atoms with Crippen LogP contribution in [0, 0.1) is 5.92 Å². The standard InChI is InChI=1S/C24H51OP.C8H19O3P/c1-4-7-10-13-16-19-22-26(25,23-20-17-14-11-8-5-2)24-21-18-15-12-9-6-3;1-3-5-6-8(4-2)7-12(9,10)11/h4-24H2,1-3H3;8H,3-7H2,1-2H3,(H2,9,10,11). The van der Waals surface area contributed by atoms with Gasteiger partial charge in [-0.05, 0) is 31.6 Å². The van der Waals surface area contributed by atoms with Crippen molar-refractivity contribution in [1.82, 2.24) is 0 Å². The first-order chi connectivity index (χ1) is 18.2. The van der Waals surface area contributed by atoms with Gasteiger partial charge in [0, 0.05) is 18.5 Å². The molecule has 0 aromatic heterocycles. The molecule has 4 nitrogen and oxygen atoms in total. The monoisotopic (exact) mass is 580 g/mol. The number of unbranched alkanes of at least 4 members (excludes halogenated alkanes) is 16. The maximum Gasteiger partial charge on any atom is 0.325 e. The van der Waals surface area contributed by atoms with Gasteiger partial charge in [0.1, 0.15) is 0 Å². The van der Waals surface area contributed by atoms with E-state index in [1.54, 1.807) is 0 Å². The third-order valence-corrected chi connectivity index (χ3v) is 12.2. The first-order valence-electron chi connectivity index (χ1n) is 16.8. The maximum atomic E-state index is 13.5. The van der Waals surface area contributed by atoms with E-state index in [1.807, 2.05) is 6.92 Å². The Morgan fingerprint density at radius 1 is 0.474 bits per heavy atom. The molecule has 0 heterocycles.